The van der Waals surface area contributed by atoms with E-state index in [1.165, 1.54) is 6.07 Å². The van der Waals surface area contributed by atoms with Gasteiger partial charge in [-0.2, -0.15) is 0 Å². The van der Waals surface area contributed by atoms with Gasteiger partial charge in [-0.15, -0.1) is 0 Å². The first-order valence-corrected chi connectivity index (χ1v) is 8.28. The van der Waals surface area contributed by atoms with E-state index < -0.39 is 0 Å². The molecule has 21 heavy (non-hydrogen) atoms. The average Bonchev–Trinajstić information content (AvgIpc) is 2.55. The van der Waals surface area contributed by atoms with Crippen molar-refractivity contribution in [1.82, 2.24) is 4.90 Å². The SMILES string of the molecule is CC(C)(C)C1CCC(=O)N(Cc2ccc(Br)cc2F)CC1. The minimum atomic E-state index is -0.256. The fourth-order valence-corrected chi connectivity index (χ4v) is 3.26. The van der Waals surface area contributed by atoms with Crippen LogP contribution in [0.25, 0.3) is 0 Å². The fourth-order valence-electron chi connectivity index (χ4n) is 2.93. The zero-order valence-corrected chi connectivity index (χ0v) is 14.5. The van der Waals surface area contributed by atoms with Crippen LogP contribution in [-0.4, -0.2) is 17.4 Å². The molecule has 1 aromatic rings. The van der Waals surface area contributed by atoms with Crippen molar-refractivity contribution in [3.63, 3.8) is 0 Å². The van der Waals surface area contributed by atoms with E-state index in [0.717, 1.165) is 23.9 Å². The Hall–Kier alpha value is -0.900. The summed E-state index contributed by atoms with van der Waals surface area (Å²) in [7, 11) is 0. The van der Waals surface area contributed by atoms with Crippen LogP contribution in [0.5, 0.6) is 0 Å². The summed E-state index contributed by atoms with van der Waals surface area (Å²) in [6.07, 6.45) is 2.50. The minimum Gasteiger partial charge on any atom is -0.338 e. The number of nitrogens with zero attached hydrogens (tertiary/aromatic N) is 1. The fraction of sp³-hybridized carbons (Fsp3) is 0.588. The second-order valence-corrected chi connectivity index (χ2v) is 7.86. The Labute approximate surface area is 134 Å². The van der Waals surface area contributed by atoms with Crippen LogP contribution in [0.15, 0.2) is 22.7 Å². The van der Waals surface area contributed by atoms with Gasteiger partial charge in [0.2, 0.25) is 5.91 Å². The molecule has 4 heteroatoms. The Bertz CT molecular complexity index is 524. The van der Waals surface area contributed by atoms with Gasteiger partial charge in [0.25, 0.3) is 0 Å². The standard InChI is InChI=1S/C17H23BrFNO/c1-17(2,3)13-5-7-16(21)20(9-8-13)11-12-4-6-14(18)10-15(12)19/h4,6,10,13H,5,7-9,11H2,1-3H3. The molecule has 2 rings (SSSR count). The van der Waals surface area contributed by atoms with Crippen molar-refractivity contribution in [2.45, 2.75) is 46.6 Å². The molecule has 1 aliphatic rings. The lowest BCUT2D eigenvalue weighted by molar-refractivity contribution is -0.131. The van der Waals surface area contributed by atoms with Gasteiger partial charge in [0.1, 0.15) is 5.82 Å². The van der Waals surface area contributed by atoms with Gasteiger partial charge in [-0.3, -0.25) is 4.79 Å². The molecule has 1 heterocycles. The molecule has 0 radical (unpaired) electrons. The number of benzene rings is 1. The zero-order valence-electron chi connectivity index (χ0n) is 13.0. The van der Waals surface area contributed by atoms with Gasteiger partial charge in [-0.1, -0.05) is 42.8 Å². The Morgan fingerprint density at radius 1 is 1.33 bits per heavy atom. The van der Waals surface area contributed by atoms with E-state index in [4.69, 9.17) is 0 Å². The Morgan fingerprint density at radius 2 is 2.05 bits per heavy atom. The highest BCUT2D eigenvalue weighted by Crippen LogP contribution is 2.34. The molecular weight excluding hydrogens is 333 g/mol. The molecule has 0 aromatic heterocycles. The molecule has 0 bridgehead atoms. The molecule has 1 unspecified atom stereocenters. The molecule has 2 nitrogen and oxygen atoms in total. The third-order valence-corrected chi connectivity index (χ3v) is 4.90. The highest BCUT2D eigenvalue weighted by molar-refractivity contribution is 9.10. The summed E-state index contributed by atoms with van der Waals surface area (Å²) in [4.78, 5) is 14.1. The predicted octanol–water partition coefficient (Wildman–Crippen LogP) is 4.76. The van der Waals surface area contributed by atoms with E-state index in [2.05, 4.69) is 36.7 Å². The number of amides is 1. The molecule has 1 fully saturated rings. The average molecular weight is 356 g/mol. The third kappa shape index (κ3) is 4.29. The van der Waals surface area contributed by atoms with Crippen LogP contribution in [-0.2, 0) is 11.3 Å². The van der Waals surface area contributed by atoms with Gasteiger partial charge >= 0.3 is 0 Å². The van der Waals surface area contributed by atoms with E-state index in [1.54, 1.807) is 11.0 Å². The van der Waals surface area contributed by atoms with E-state index in [0.29, 0.717) is 24.4 Å². The second-order valence-electron chi connectivity index (χ2n) is 6.94. The van der Waals surface area contributed by atoms with Crippen molar-refractivity contribution < 1.29 is 9.18 Å². The minimum absolute atomic E-state index is 0.143. The largest absolute Gasteiger partial charge is 0.338 e. The normalized spacial score (nSPS) is 20.5. The van der Waals surface area contributed by atoms with E-state index in [9.17, 15) is 9.18 Å². The molecule has 1 aliphatic heterocycles. The number of likely N-dealkylation sites (tertiary alicyclic amines) is 1. The Morgan fingerprint density at radius 3 is 2.67 bits per heavy atom. The molecule has 0 aliphatic carbocycles. The van der Waals surface area contributed by atoms with Crippen molar-refractivity contribution >= 4 is 21.8 Å². The first-order chi connectivity index (χ1) is 9.77. The number of hydrogen-bond donors (Lipinski definition) is 0. The Kier molecular flexibility index (Phi) is 5.07. The van der Waals surface area contributed by atoms with Crippen LogP contribution in [0.2, 0.25) is 0 Å². The lowest BCUT2D eigenvalue weighted by Crippen LogP contribution is -2.30. The highest BCUT2D eigenvalue weighted by Gasteiger charge is 2.30. The number of carbonyl (C=O) groups excluding carboxylic acids is 1. The van der Waals surface area contributed by atoms with Crippen molar-refractivity contribution in [2.75, 3.05) is 6.54 Å². The number of rotatable bonds is 2. The van der Waals surface area contributed by atoms with Gasteiger partial charge in [0.15, 0.2) is 0 Å². The molecular formula is C17H23BrFNO. The molecule has 1 atom stereocenters. The molecule has 0 saturated carbocycles. The molecule has 1 aromatic carbocycles. The zero-order chi connectivity index (χ0) is 15.6. The summed E-state index contributed by atoms with van der Waals surface area (Å²) in [5, 5.41) is 0. The van der Waals surface area contributed by atoms with E-state index in [-0.39, 0.29) is 17.1 Å². The highest BCUT2D eigenvalue weighted by atomic mass is 79.9. The molecule has 1 saturated heterocycles. The smallest absolute Gasteiger partial charge is 0.222 e. The summed E-state index contributed by atoms with van der Waals surface area (Å²) in [6.45, 7) is 7.77. The summed E-state index contributed by atoms with van der Waals surface area (Å²) >= 11 is 3.25. The Balaban J connectivity index is 2.08. The maximum Gasteiger partial charge on any atom is 0.222 e. The summed E-state index contributed by atoms with van der Waals surface area (Å²) in [6, 6.07) is 5.02. The van der Waals surface area contributed by atoms with Crippen LogP contribution in [0.3, 0.4) is 0 Å². The van der Waals surface area contributed by atoms with Crippen molar-refractivity contribution in [3.05, 3.63) is 34.1 Å². The topological polar surface area (TPSA) is 20.3 Å². The second kappa shape index (κ2) is 6.47. The molecule has 1 amide bonds. The number of hydrogen-bond acceptors (Lipinski definition) is 1. The molecule has 0 spiro atoms. The van der Waals surface area contributed by atoms with Crippen molar-refractivity contribution in [2.24, 2.45) is 11.3 Å². The maximum absolute atomic E-state index is 13.9. The molecule has 0 N–H and O–H groups in total. The van der Waals surface area contributed by atoms with Gasteiger partial charge in [-0.05, 0) is 36.3 Å². The van der Waals surface area contributed by atoms with E-state index in [1.807, 2.05) is 6.07 Å². The first-order valence-electron chi connectivity index (χ1n) is 7.49. The van der Waals surface area contributed by atoms with E-state index >= 15 is 0 Å². The van der Waals surface area contributed by atoms with Crippen molar-refractivity contribution in [1.29, 1.82) is 0 Å². The van der Waals surface area contributed by atoms with Gasteiger partial charge < -0.3 is 4.90 Å². The number of halogens is 2. The van der Waals surface area contributed by atoms with Crippen LogP contribution >= 0.6 is 15.9 Å². The summed E-state index contributed by atoms with van der Waals surface area (Å²) in [5.41, 5.74) is 0.805. The lowest BCUT2D eigenvalue weighted by atomic mass is 9.77. The van der Waals surface area contributed by atoms with Crippen molar-refractivity contribution in [3.8, 4) is 0 Å². The first kappa shape index (κ1) is 16.5. The van der Waals surface area contributed by atoms with Crippen LogP contribution < -0.4 is 0 Å². The predicted molar refractivity (Wildman–Crippen MR) is 86.3 cm³/mol. The quantitative estimate of drug-likeness (QED) is 0.748. The molecule has 116 valence electrons. The van der Waals surface area contributed by atoms with Gasteiger partial charge in [-0.25, -0.2) is 4.39 Å². The summed E-state index contributed by atoms with van der Waals surface area (Å²) < 4.78 is 14.7. The third-order valence-electron chi connectivity index (χ3n) is 4.41. The van der Waals surface area contributed by atoms with Crippen LogP contribution in [0.4, 0.5) is 4.39 Å². The maximum atomic E-state index is 13.9. The van der Waals surface area contributed by atoms with Crippen LogP contribution in [0.1, 0.15) is 45.6 Å². The lowest BCUT2D eigenvalue weighted by Gasteiger charge is -2.29. The van der Waals surface area contributed by atoms with Gasteiger partial charge in [0, 0.05) is 29.5 Å². The number of carbonyl (C=O) groups is 1. The van der Waals surface area contributed by atoms with Crippen LogP contribution in [0, 0.1) is 17.2 Å². The summed E-state index contributed by atoms with van der Waals surface area (Å²) in [5.74, 6) is 0.430. The van der Waals surface area contributed by atoms with Gasteiger partial charge in [0.05, 0.1) is 0 Å². The monoisotopic (exact) mass is 355 g/mol.